The molecule has 5 aromatic rings. The summed E-state index contributed by atoms with van der Waals surface area (Å²) >= 11 is 0. The van der Waals surface area contributed by atoms with Crippen LogP contribution in [0.25, 0.3) is 20.2 Å². The molecule has 0 fully saturated rings. The molecule has 0 saturated carbocycles. The standard InChI is InChI=1S/C26H20O3S/c27-30-25-14-8-7-13-21(25)22-15-23(28-17-19-9-3-1-4-10-19)24(16-26(22)30)29-18-20-11-5-2-6-12-20/h1-16H,17-18H2. The monoisotopic (exact) mass is 412 g/mol. The van der Waals surface area contributed by atoms with Gasteiger partial charge in [-0.05, 0) is 40.1 Å². The first kappa shape index (κ1) is 18.7. The van der Waals surface area contributed by atoms with Gasteiger partial charge in [-0.3, -0.25) is 0 Å². The molecule has 0 N–H and O–H groups in total. The van der Waals surface area contributed by atoms with Crippen LogP contribution in [0.1, 0.15) is 11.1 Å². The lowest BCUT2D eigenvalue weighted by Gasteiger charge is -2.13. The van der Waals surface area contributed by atoms with E-state index in [0.29, 0.717) is 24.7 Å². The molecule has 0 bridgehead atoms. The molecule has 0 aliphatic carbocycles. The quantitative estimate of drug-likeness (QED) is 0.286. The fraction of sp³-hybridized carbons (Fsp3) is 0.0769. The van der Waals surface area contributed by atoms with E-state index in [1.54, 1.807) is 0 Å². The highest BCUT2D eigenvalue weighted by Crippen LogP contribution is 2.45. The minimum atomic E-state index is -1.21. The number of benzene rings is 4. The van der Waals surface area contributed by atoms with Crippen LogP contribution in [0.2, 0.25) is 0 Å². The van der Waals surface area contributed by atoms with Gasteiger partial charge in [-0.25, -0.2) is 0 Å². The summed E-state index contributed by atoms with van der Waals surface area (Å²) in [6.45, 7) is 0.854. The molecule has 3 nitrogen and oxygen atoms in total. The zero-order chi connectivity index (χ0) is 20.3. The highest BCUT2D eigenvalue weighted by molar-refractivity contribution is 7.37. The maximum Gasteiger partial charge on any atom is 0.184 e. The van der Waals surface area contributed by atoms with Gasteiger partial charge in [0.2, 0.25) is 0 Å². The topological polar surface area (TPSA) is 41.5 Å². The Labute approximate surface area is 177 Å². The molecule has 30 heavy (non-hydrogen) atoms. The van der Waals surface area contributed by atoms with Crippen molar-refractivity contribution < 1.29 is 14.0 Å². The van der Waals surface area contributed by atoms with E-state index in [0.717, 1.165) is 31.3 Å². The fourth-order valence-electron chi connectivity index (χ4n) is 3.57. The van der Waals surface area contributed by atoms with Crippen molar-refractivity contribution in [2.24, 2.45) is 0 Å². The van der Waals surface area contributed by atoms with E-state index in [1.807, 2.05) is 97.1 Å². The van der Waals surface area contributed by atoms with E-state index >= 15 is 0 Å². The summed E-state index contributed by atoms with van der Waals surface area (Å²) in [4.78, 5) is 0. The molecule has 148 valence electrons. The molecule has 4 heteroatoms. The molecule has 1 heterocycles. The molecule has 1 aromatic heterocycles. The van der Waals surface area contributed by atoms with Crippen molar-refractivity contribution in [3.63, 3.8) is 0 Å². The van der Waals surface area contributed by atoms with Crippen molar-refractivity contribution in [1.29, 1.82) is 0 Å². The van der Waals surface area contributed by atoms with Crippen LogP contribution in [-0.4, -0.2) is 4.55 Å². The summed E-state index contributed by atoms with van der Waals surface area (Å²) in [6, 6.07) is 31.7. The van der Waals surface area contributed by atoms with Gasteiger partial charge in [0, 0.05) is 11.5 Å². The lowest BCUT2D eigenvalue weighted by atomic mass is 10.1. The zero-order valence-electron chi connectivity index (χ0n) is 16.3. The number of hydrogen-bond acceptors (Lipinski definition) is 3. The molecule has 0 radical (unpaired) electrons. The van der Waals surface area contributed by atoms with Gasteiger partial charge in [0.05, 0.1) is 5.39 Å². The highest BCUT2D eigenvalue weighted by Gasteiger charge is 2.19. The van der Waals surface area contributed by atoms with Crippen molar-refractivity contribution in [1.82, 2.24) is 0 Å². The number of ether oxygens (including phenoxy) is 2. The molecule has 0 amide bonds. The molecule has 0 spiro atoms. The third kappa shape index (κ3) is 3.63. The Morgan fingerprint density at radius 3 is 1.73 bits per heavy atom. The highest BCUT2D eigenvalue weighted by atomic mass is 32.2. The minimum Gasteiger partial charge on any atom is -0.590 e. The molecule has 0 saturated heterocycles. The maximum atomic E-state index is 13.0. The molecule has 1 atom stereocenters. The van der Waals surface area contributed by atoms with Gasteiger partial charge in [-0.15, -0.1) is 0 Å². The van der Waals surface area contributed by atoms with Crippen LogP contribution >= 0.6 is 10.8 Å². The lowest BCUT2D eigenvalue weighted by Crippen LogP contribution is -2.00. The van der Waals surface area contributed by atoms with Crippen LogP contribution in [0.5, 0.6) is 11.5 Å². The van der Waals surface area contributed by atoms with Crippen LogP contribution < -0.4 is 9.47 Å². The SMILES string of the molecule is [O-][s+]1c2ccccc2c2cc(OCc3ccccc3)c(OCc3ccccc3)cc21. The van der Waals surface area contributed by atoms with Crippen LogP contribution in [0.4, 0.5) is 0 Å². The van der Waals surface area contributed by atoms with Crippen LogP contribution in [-0.2, 0) is 13.2 Å². The smallest absolute Gasteiger partial charge is 0.184 e. The molecular formula is C26H20O3S. The predicted octanol–water partition coefficient (Wildman–Crippen LogP) is 6.88. The molecule has 1 unspecified atom stereocenters. The number of thiophene rings is 1. The lowest BCUT2D eigenvalue weighted by molar-refractivity contribution is 0.256. The summed E-state index contributed by atoms with van der Waals surface area (Å²) in [5, 5.41) is 1.93. The van der Waals surface area contributed by atoms with E-state index < -0.39 is 10.8 Å². The first-order chi connectivity index (χ1) is 14.8. The number of hydrogen-bond donors (Lipinski definition) is 0. The zero-order valence-corrected chi connectivity index (χ0v) is 17.1. The van der Waals surface area contributed by atoms with Gasteiger partial charge in [0.15, 0.2) is 20.9 Å². The molecule has 0 aliphatic heterocycles. The summed E-state index contributed by atoms with van der Waals surface area (Å²) < 4.78 is 26.9. The Balaban J connectivity index is 1.55. The summed E-state index contributed by atoms with van der Waals surface area (Å²) in [5.41, 5.74) is 2.15. The van der Waals surface area contributed by atoms with E-state index in [-0.39, 0.29) is 0 Å². The van der Waals surface area contributed by atoms with Crippen molar-refractivity contribution in [2.45, 2.75) is 13.2 Å². The van der Waals surface area contributed by atoms with E-state index in [2.05, 4.69) is 0 Å². The minimum absolute atomic E-state index is 0.418. The number of rotatable bonds is 6. The van der Waals surface area contributed by atoms with E-state index in [9.17, 15) is 4.55 Å². The van der Waals surface area contributed by atoms with Crippen LogP contribution in [0.15, 0.2) is 97.1 Å². The predicted molar refractivity (Wildman–Crippen MR) is 122 cm³/mol. The Morgan fingerprint density at radius 2 is 1.10 bits per heavy atom. The van der Waals surface area contributed by atoms with E-state index in [4.69, 9.17) is 9.47 Å². The van der Waals surface area contributed by atoms with Gasteiger partial charge >= 0.3 is 0 Å². The van der Waals surface area contributed by atoms with Crippen LogP contribution in [0.3, 0.4) is 0 Å². The van der Waals surface area contributed by atoms with Gasteiger partial charge in [0.1, 0.15) is 13.2 Å². The first-order valence-electron chi connectivity index (χ1n) is 9.82. The van der Waals surface area contributed by atoms with Crippen molar-refractivity contribution in [3.8, 4) is 11.5 Å². The molecule has 4 aromatic carbocycles. The number of fused-ring (bicyclic) bond motifs is 3. The molecule has 0 aliphatic rings. The Kier molecular flexibility index (Phi) is 5.10. The average Bonchev–Trinajstić information content (AvgIpc) is 3.09. The third-order valence-electron chi connectivity index (χ3n) is 5.10. The average molecular weight is 413 g/mol. The summed E-state index contributed by atoms with van der Waals surface area (Å²) in [6.07, 6.45) is 0. The maximum absolute atomic E-state index is 13.0. The molecular weight excluding hydrogens is 392 g/mol. The Bertz CT molecular complexity index is 1290. The second-order valence-corrected chi connectivity index (χ2v) is 8.53. The first-order valence-corrected chi connectivity index (χ1v) is 11.0. The Morgan fingerprint density at radius 1 is 0.567 bits per heavy atom. The second kappa shape index (κ2) is 8.19. The van der Waals surface area contributed by atoms with Crippen molar-refractivity contribution in [3.05, 3.63) is 108 Å². The fourth-order valence-corrected chi connectivity index (χ4v) is 4.97. The second-order valence-electron chi connectivity index (χ2n) is 7.11. The van der Waals surface area contributed by atoms with Crippen molar-refractivity contribution >= 4 is 30.9 Å². The third-order valence-corrected chi connectivity index (χ3v) is 6.59. The van der Waals surface area contributed by atoms with Crippen molar-refractivity contribution in [2.75, 3.05) is 0 Å². The largest absolute Gasteiger partial charge is 0.590 e. The normalized spacial score (nSPS) is 11.7. The van der Waals surface area contributed by atoms with Gasteiger partial charge in [-0.2, -0.15) is 0 Å². The van der Waals surface area contributed by atoms with Gasteiger partial charge < -0.3 is 14.0 Å². The molecule has 5 rings (SSSR count). The van der Waals surface area contributed by atoms with E-state index in [1.165, 1.54) is 0 Å². The Hall–Kier alpha value is -3.34. The summed E-state index contributed by atoms with van der Waals surface area (Å²) in [7, 11) is -1.21. The summed E-state index contributed by atoms with van der Waals surface area (Å²) in [5.74, 6) is 1.26. The van der Waals surface area contributed by atoms with Crippen LogP contribution in [0, 0.1) is 0 Å². The van der Waals surface area contributed by atoms with Gasteiger partial charge in [-0.1, -0.05) is 72.8 Å². The van der Waals surface area contributed by atoms with Gasteiger partial charge in [0.25, 0.3) is 0 Å².